The van der Waals surface area contributed by atoms with Crippen molar-refractivity contribution >= 4 is 52.8 Å². The highest BCUT2D eigenvalue weighted by molar-refractivity contribution is 8.00. The number of rotatable bonds is 10. The lowest BCUT2D eigenvalue weighted by Crippen LogP contribution is -2.35. The van der Waals surface area contributed by atoms with Gasteiger partial charge >= 0.3 is 0 Å². The van der Waals surface area contributed by atoms with E-state index in [2.05, 4.69) is 10.3 Å². The predicted molar refractivity (Wildman–Crippen MR) is 139 cm³/mol. The van der Waals surface area contributed by atoms with Crippen LogP contribution in [0.3, 0.4) is 0 Å². The second-order valence-corrected chi connectivity index (χ2v) is 10.2. The van der Waals surface area contributed by atoms with E-state index in [1.807, 2.05) is 34.8 Å². The van der Waals surface area contributed by atoms with Crippen LogP contribution in [-0.2, 0) is 11.3 Å². The maximum atomic E-state index is 15.3. The van der Waals surface area contributed by atoms with Gasteiger partial charge in [-0.2, -0.15) is 0 Å². The van der Waals surface area contributed by atoms with Crippen molar-refractivity contribution in [1.82, 2.24) is 9.88 Å². The molecule has 2 aromatic carbocycles. The van der Waals surface area contributed by atoms with E-state index in [9.17, 15) is 4.79 Å². The van der Waals surface area contributed by atoms with Gasteiger partial charge in [0, 0.05) is 35.6 Å². The molecule has 0 unspecified atom stereocenters. The quantitative estimate of drug-likeness (QED) is 0.263. The Bertz CT molecular complexity index is 1170. The monoisotopic (exact) mass is 536 g/mol. The molecule has 1 aliphatic rings. The number of halogens is 2. The summed E-state index contributed by atoms with van der Waals surface area (Å²) in [6.45, 7) is 3.04. The molecule has 0 spiro atoms. The molecular weight excluding hydrogens is 511 g/mol. The molecule has 1 N–H and O–H groups in total. The number of benzene rings is 2. The minimum atomic E-state index is -0.401. The van der Waals surface area contributed by atoms with Gasteiger partial charge in [0.25, 0.3) is 0 Å². The first-order valence-corrected chi connectivity index (χ1v) is 13.0. The number of aromatic nitrogens is 1. The maximum absolute atomic E-state index is 15.3. The first-order valence-electron chi connectivity index (χ1n) is 10.9. The van der Waals surface area contributed by atoms with Crippen LogP contribution in [0, 0.1) is 5.82 Å². The van der Waals surface area contributed by atoms with Crippen molar-refractivity contribution in [3.8, 4) is 11.5 Å². The molecule has 11 heteroatoms. The Kier molecular flexibility index (Phi) is 8.25. The van der Waals surface area contributed by atoms with E-state index < -0.39 is 5.82 Å². The van der Waals surface area contributed by atoms with Crippen LogP contribution < -0.4 is 19.1 Å². The van der Waals surface area contributed by atoms with Gasteiger partial charge < -0.3 is 19.7 Å². The molecule has 3 aromatic rings. The number of nitrogens with zero attached hydrogens (tertiary/aromatic N) is 3. The maximum Gasteiger partial charge on any atom is 0.210 e. The lowest BCUT2D eigenvalue weighted by atomic mass is 10.1. The molecule has 1 amide bonds. The van der Waals surface area contributed by atoms with Crippen LogP contribution in [-0.4, -0.2) is 49.1 Å². The SMILES string of the molecule is COc1ccc(CN(Sc2cc(Cl)c(N[C@@H]3CCN(C=O)[C@@H]3C)cc2F)c2cscn2)c(OC)c1. The van der Waals surface area contributed by atoms with Crippen molar-refractivity contribution in [3.05, 3.63) is 57.6 Å². The number of thiazole rings is 1. The molecule has 0 bridgehead atoms. The fourth-order valence-corrected chi connectivity index (χ4v) is 5.80. The highest BCUT2D eigenvalue weighted by atomic mass is 35.5. The van der Waals surface area contributed by atoms with Crippen molar-refractivity contribution in [2.75, 3.05) is 30.4 Å². The van der Waals surface area contributed by atoms with Gasteiger partial charge in [0.1, 0.15) is 23.1 Å². The number of carbonyl (C=O) groups is 1. The van der Waals surface area contributed by atoms with Crippen LogP contribution in [0.5, 0.6) is 11.5 Å². The Labute approximate surface area is 217 Å². The molecule has 0 radical (unpaired) electrons. The van der Waals surface area contributed by atoms with Crippen LogP contribution in [0.4, 0.5) is 15.9 Å². The van der Waals surface area contributed by atoms with Crippen LogP contribution in [0.15, 0.2) is 46.1 Å². The largest absolute Gasteiger partial charge is 0.497 e. The number of likely N-dealkylation sites (tertiary alicyclic amines) is 1. The van der Waals surface area contributed by atoms with Crippen molar-refractivity contribution in [3.63, 3.8) is 0 Å². The normalized spacial score (nSPS) is 17.3. The zero-order valence-electron chi connectivity index (χ0n) is 19.5. The molecule has 1 aromatic heterocycles. The van der Waals surface area contributed by atoms with Gasteiger partial charge in [-0.05, 0) is 49.6 Å². The van der Waals surface area contributed by atoms with Gasteiger partial charge in [0.2, 0.25) is 6.41 Å². The van der Waals surface area contributed by atoms with Gasteiger partial charge in [-0.25, -0.2) is 9.37 Å². The van der Waals surface area contributed by atoms with Crippen LogP contribution in [0.25, 0.3) is 0 Å². The summed E-state index contributed by atoms with van der Waals surface area (Å²) < 4.78 is 28.0. The third kappa shape index (κ3) is 5.76. The molecule has 186 valence electrons. The number of anilines is 2. The number of ether oxygens (including phenoxy) is 2. The summed E-state index contributed by atoms with van der Waals surface area (Å²) >= 11 is 9.23. The van der Waals surface area contributed by atoms with E-state index in [1.165, 1.54) is 29.4 Å². The number of nitrogens with one attached hydrogen (secondary N) is 1. The van der Waals surface area contributed by atoms with E-state index in [0.29, 0.717) is 46.0 Å². The standard InChI is InChI=1S/C24H26ClFN4O3S2/c1-15-20(6-7-29(15)14-31)28-21-10-19(26)23(9-18(21)25)35-30(24-12-34-13-27-24)11-16-4-5-17(32-2)8-22(16)33-3/h4-5,8-10,12-15,20,28H,6-7,11H2,1-3H3/t15-,20-/m1/s1. The topological polar surface area (TPSA) is 66.9 Å². The molecule has 0 saturated carbocycles. The Morgan fingerprint density at radius 2 is 2.17 bits per heavy atom. The van der Waals surface area contributed by atoms with Crippen molar-refractivity contribution in [2.24, 2.45) is 0 Å². The fraction of sp³-hybridized carbons (Fsp3) is 0.333. The number of hydrogen-bond acceptors (Lipinski definition) is 8. The first-order chi connectivity index (χ1) is 16.9. The van der Waals surface area contributed by atoms with Crippen LogP contribution in [0.1, 0.15) is 18.9 Å². The number of carbonyl (C=O) groups excluding carboxylic acids is 1. The molecule has 35 heavy (non-hydrogen) atoms. The Morgan fingerprint density at radius 3 is 2.83 bits per heavy atom. The Morgan fingerprint density at radius 1 is 1.34 bits per heavy atom. The summed E-state index contributed by atoms with van der Waals surface area (Å²) in [5, 5.41) is 5.61. The molecular formula is C24H26ClFN4O3S2. The minimum Gasteiger partial charge on any atom is -0.497 e. The first kappa shape index (κ1) is 25.4. The minimum absolute atomic E-state index is 0.000290. The molecule has 7 nitrogen and oxygen atoms in total. The molecule has 2 atom stereocenters. The number of methoxy groups -OCH3 is 2. The van der Waals surface area contributed by atoms with E-state index in [4.69, 9.17) is 21.1 Å². The summed E-state index contributed by atoms with van der Waals surface area (Å²) in [5.41, 5.74) is 3.14. The smallest absolute Gasteiger partial charge is 0.210 e. The van der Waals surface area contributed by atoms with Gasteiger partial charge in [-0.15, -0.1) is 11.3 Å². The van der Waals surface area contributed by atoms with Gasteiger partial charge in [-0.1, -0.05) is 11.6 Å². The second kappa shape index (κ2) is 11.4. The van der Waals surface area contributed by atoms with Crippen molar-refractivity contribution in [1.29, 1.82) is 0 Å². The van der Waals surface area contributed by atoms with Gasteiger partial charge in [0.05, 0.1) is 41.9 Å². The molecule has 1 aliphatic heterocycles. The lowest BCUT2D eigenvalue weighted by molar-refractivity contribution is -0.118. The Balaban J connectivity index is 1.56. The zero-order chi connectivity index (χ0) is 24.9. The average molecular weight is 537 g/mol. The summed E-state index contributed by atoms with van der Waals surface area (Å²) in [4.78, 5) is 17.7. The summed E-state index contributed by atoms with van der Waals surface area (Å²) in [7, 11) is 3.20. The van der Waals surface area contributed by atoms with Gasteiger partial charge in [-0.3, -0.25) is 9.10 Å². The summed E-state index contributed by atoms with van der Waals surface area (Å²) in [6.07, 6.45) is 1.62. The van der Waals surface area contributed by atoms with Crippen molar-refractivity contribution < 1.29 is 18.7 Å². The summed E-state index contributed by atoms with van der Waals surface area (Å²) in [6, 6.07) is 8.62. The van der Waals surface area contributed by atoms with Gasteiger partial charge in [0.15, 0.2) is 0 Å². The van der Waals surface area contributed by atoms with Crippen molar-refractivity contribution in [2.45, 2.75) is 36.9 Å². The third-order valence-corrected chi connectivity index (χ3v) is 7.93. The lowest BCUT2D eigenvalue weighted by Gasteiger charge is -2.24. The number of amides is 1. The Hall–Kier alpha value is -2.69. The van der Waals surface area contributed by atoms with Crippen LogP contribution >= 0.6 is 34.9 Å². The molecule has 4 rings (SSSR count). The summed E-state index contributed by atoms with van der Waals surface area (Å²) in [5.74, 6) is 1.65. The van der Waals surface area contributed by atoms with E-state index in [0.717, 1.165) is 18.4 Å². The molecule has 1 fully saturated rings. The van der Waals surface area contributed by atoms with E-state index in [-0.39, 0.29) is 12.1 Å². The number of hydrogen-bond donors (Lipinski definition) is 1. The predicted octanol–water partition coefficient (Wildman–Crippen LogP) is 5.70. The van der Waals surface area contributed by atoms with Crippen LogP contribution in [0.2, 0.25) is 5.02 Å². The highest BCUT2D eigenvalue weighted by Gasteiger charge is 2.30. The average Bonchev–Trinajstić information content (AvgIpc) is 3.52. The fourth-order valence-electron chi connectivity index (χ4n) is 3.96. The highest BCUT2D eigenvalue weighted by Crippen LogP contribution is 2.38. The zero-order valence-corrected chi connectivity index (χ0v) is 21.9. The second-order valence-electron chi connectivity index (χ2n) is 8.04. The van der Waals surface area contributed by atoms with E-state index >= 15 is 4.39 Å². The third-order valence-electron chi connectivity index (χ3n) is 5.99. The van der Waals surface area contributed by atoms with E-state index in [1.54, 1.807) is 30.7 Å². The molecule has 0 aliphatic carbocycles. The molecule has 1 saturated heterocycles. The molecule has 2 heterocycles.